The van der Waals surface area contributed by atoms with Gasteiger partial charge in [-0.2, -0.15) is 0 Å². The average Bonchev–Trinajstić information content (AvgIpc) is 2.47. The number of aromatic hydroxyl groups is 1. The van der Waals surface area contributed by atoms with Crippen LogP contribution in [0.5, 0.6) is 17.2 Å². The summed E-state index contributed by atoms with van der Waals surface area (Å²) < 4.78 is 15.5. The van der Waals surface area contributed by atoms with Crippen molar-refractivity contribution in [3.05, 3.63) is 18.2 Å². The van der Waals surface area contributed by atoms with Crippen molar-refractivity contribution < 1.29 is 39.7 Å². The SMILES string of the molecule is COc1cc(O)cc(O[C@H]2O[C@@H](CO)[C@H](O)[C@@H](O)[C@@H]2O)c1. The number of phenolic OH excluding ortho intramolecular Hbond substituents is 1. The van der Waals surface area contributed by atoms with Crippen LogP contribution < -0.4 is 9.47 Å². The van der Waals surface area contributed by atoms with E-state index in [0.29, 0.717) is 5.75 Å². The molecule has 2 rings (SSSR count). The molecule has 0 saturated carbocycles. The molecule has 0 aliphatic carbocycles. The van der Waals surface area contributed by atoms with E-state index in [1.165, 1.54) is 25.3 Å². The van der Waals surface area contributed by atoms with Gasteiger partial charge in [0.15, 0.2) is 0 Å². The molecule has 1 aromatic rings. The molecular weight excluding hydrogens is 284 g/mol. The number of hydrogen-bond acceptors (Lipinski definition) is 8. The Hall–Kier alpha value is -1.58. The van der Waals surface area contributed by atoms with Crippen molar-refractivity contribution in [1.82, 2.24) is 0 Å². The molecule has 8 heteroatoms. The number of methoxy groups -OCH3 is 1. The van der Waals surface area contributed by atoms with Crippen LogP contribution in [0.3, 0.4) is 0 Å². The lowest BCUT2D eigenvalue weighted by atomic mass is 9.99. The van der Waals surface area contributed by atoms with Crippen molar-refractivity contribution in [2.45, 2.75) is 30.7 Å². The Morgan fingerprint density at radius 3 is 2.33 bits per heavy atom. The largest absolute Gasteiger partial charge is 0.508 e. The Kier molecular flexibility index (Phi) is 4.86. The lowest BCUT2D eigenvalue weighted by Gasteiger charge is -2.39. The van der Waals surface area contributed by atoms with Gasteiger partial charge in [-0.15, -0.1) is 0 Å². The van der Waals surface area contributed by atoms with E-state index >= 15 is 0 Å². The van der Waals surface area contributed by atoms with E-state index in [0.717, 1.165) is 0 Å². The van der Waals surface area contributed by atoms with E-state index in [1.807, 2.05) is 0 Å². The summed E-state index contributed by atoms with van der Waals surface area (Å²) in [4.78, 5) is 0. The molecule has 0 bridgehead atoms. The van der Waals surface area contributed by atoms with Crippen LogP contribution in [0, 0.1) is 0 Å². The van der Waals surface area contributed by atoms with Gasteiger partial charge < -0.3 is 39.7 Å². The zero-order valence-electron chi connectivity index (χ0n) is 11.3. The molecule has 0 amide bonds. The highest BCUT2D eigenvalue weighted by Gasteiger charge is 2.44. The summed E-state index contributed by atoms with van der Waals surface area (Å²) in [6, 6.07) is 4.07. The quantitative estimate of drug-likeness (QED) is 0.458. The molecule has 1 heterocycles. The molecule has 5 N–H and O–H groups in total. The second-order valence-electron chi connectivity index (χ2n) is 4.68. The van der Waals surface area contributed by atoms with Crippen molar-refractivity contribution in [2.75, 3.05) is 13.7 Å². The number of hydrogen-bond donors (Lipinski definition) is 5. The van der Waals surface area contributed by atoms with E-state index in [2.05, 4.69) is 0 Å². The smallest absolute Gasteiger partial charge is 0.229 e. The van der Waals surface area contributed by atoms with E-state index in [4.69, 9.17) is 19.3 Å². The van der Waals surface area contributed by atoms with Gasteiger partial charge in [-0.1, -0.05) is 0 Å². The Bertz CT molecular complexity index is 477. The predicted octanol–water partition coefficient (Wildman–Crippen LogP) is -1.42. The third-order valence-corrected chi connectivity index (χ3v) is 3.20. The maximum Gasteiger partial charge on any atom is 0.229 e. The lowest BCUT2D eigenvalue weighted by Crippen LogP contribution is -2.60. The minimum atomic E-state index is -1.53. The summed E-state index contributed by atoms with van der Waals surface area (Å²) in [5.41, 5.74) is 0. The Morgan fingerprint density at radius 1 is 1.05 bits per heavy atom. The highest BCUT2D eigenvalue weighted by molar-refractivity contribution is 5.41. The van der Waals surface area contributed by atoms with Gasteiger partial charge in [0.25, 0.3) is 0 Å². The van der Waals surface area contributed by atoms with Gasteiger partial charge in [0.05, 0.1) is 13.7 Å². The standard InChI is InChI=1S/C13H18O8/c1-19-7-2-6(15)3-8(4-7)20-13-12(18)11(17)10(16)9(5-14)21-13/h2-4,9-18H,5H2,1H3/t9-,10-,11+,12-,13-/m0/s1. The first-order valence-electron chi connectivity index (χ1n) is 6.31. The minimum Gasteiger partial charge on any atom is -0.508 e. The monoisotopic (exact) mass is 302 g/mol. The number of aliphatic hydroxyl groups is 4. The van der Waals surface area contributed by atoms with Crippen molar-refractivity contribution in [2.24, 2.45) is 0 Å². The summed E-state index contributed by atoms with van der Waals surface area (Å²) in [6.07, 6.45) is -6.88. The molecule has 0 aromatic heterocycles. The van der Waals surface area contributed by atoms with Crippen LogP contribution in [0.15, 0.2) is 18.2 Å². The van der Waals surface area contributed by atoms with Crippen LogP contribution in [0.25, 0.3) is 0 Å². The molecule has 5 atom stereocenters. The molecule has 1 aromatic carbocycles. The summed E-state index contributed by atoms with van der Waals surface area (Å²) in [6.45, 7) is -0.547. The van der Waals surface area contributed by atoms with Gasteiger partial charge in [-0.25, -0.2) is 0 Å². The van der Waals surface area contributed by atoms with Crippen molar-refractivity contribution in [3.63, 3.8) is 0 Å². The maximum absolute atomic E-state index is 9.84. The number of aliphatic hydroxyl groups excluding tert-OH is 4. The molecule has 8 nitrogen and oxygen atoms in total. The summed E-state index contributed by atoms with van der Waals surface area (Å²) in [7, 11) is 1.41. The van der Waals surface area contributed by atoms with E-state index in [-0.39, 0.29) is 11.5 Å². The fraction of sp³-hybridized carbons (Fsp3) is 0.538. The molecule has 1 saturated heterocycles. The van der Waals surface area contributed by atoms with Crippen LogP contribution in [-0.4, -0.2) is 70.0 Å². The fourth-order valence-corrected chi connectivity index (χ4v) is 2.04. The van der Waals surface area contributed by atoms with Gasteiger partial charge in [0, 0.05) is 18.2 Å². The van der Waals surface area contributed by atoms with Crippen LogP contribution >= 0.6 is 0 Å². The van der Waals surface area contributed by atoms with Crippen LogP contribution in [0.1, 0.15) is 0 Å². The summed E-state index contributed by atoms with van der Waals surface area (Å²) >= 11 is 0. The molecule has 0 unspecified atom stereocenters. The van der Waals surface area contributed by atoms with Crippen molar-refractivity contribution >= 4 is 0 Å². The zero-order valence-corrected chi connectivity index (χ0v) is 11.3. The molecule has 118 valence electrons. The fourth-order valence-electron chi connectivity index (χ4n) is 2.04. The second-order valence-corrected chi connectivity index (χ2v) is 4.68. The number of rotatable bonds is 4. The molecule has 0 radical (unpaired) electrons. The Morgan fingerprint density at radius 2 is 1.71 bits per heavy atom. The van der Waals surface area contributed by atoms with E-state index < -0.39 is 37.3 Å². The Balaban J connectivity index is 2.16. The third-order valence-electron chi connectivity index (χ3n) is 3.20. The molecule has 1 aliphatic heterocycles. The van der Waals surface area contributed by atoms with Gasteiger partial charge >= 0.3 is 0 Å². The first kappa shape index (κ1) is 15.8. The Labute approximate surface area is 120 Å². The number of benzene rings is 1. The predicted molar refractivity (Wildman–Crippen MR) is 69.1 cm³/mol. The highest BCUT2D eigenvalue weighted by atomic mass is 16.7. The molecular formula is C13H18O8. The minimum absolute atomic E-state index is 0.117. The zero-order chi connectivity index (χ0) is 15.6. The first-order chi connectivity index (χ1) is 9.96. The van der Waals surface area contributed by atoms with Gasteiger partial charge in [-0.3, -0.25) is 0 Å². The van der Waals surface area contributed by atoms with Gasteiger partial charge in [-0.05, 0) is 0 Å². The first-order valence-corrected chi connectivity index (χ1v) is 6.31. The van der Waals surface area contributed by atoms with Gasteiger partial charge in [0.2, 0.25) is 6.29 Å². The summed E-state index contributed by atoms with van der Waals surface area (Å²) in [5.74, 6) is 0.347. The van der Waals surface area contributed by atoms with Crippen LogP contribution in [0.4, 0.5) is 0 Å². The lowest BCUT2D eigenvalue weighted by molar-refractivity contribution is -0.277. The highest BCUT2D eigenvalue weighted by Crippen LogP contribution is 2.30. The average molecular weight is 302 g/mol. The normalized spacial score (nSPS) is 32.7. The maximum atomic E-state index is 9.84. The van der Waals surface area contributed by atoms with Crippen LogP contribution in [-0.2, 0) is 4.74 Å². The van der Waals surface area contributed by atoms with Crippen LogP contribution in [0.2, 0.25) is 0 Å². The van der Waals surface area contributed by atoms with E-state index in [1.54, 1.807) is 0 Å². The van der Waals surface area contributed by atoms with Crippen molar-refractivity contribution in [1.29, 1.82) is 0 Å². The summed E-state index contributed by atoms with van der Waals surface area (Å²) in [5, 5.41) is 47.8. The third kappa shape index (κ3) is 3.36. The molecule has 0 spiro atoms. The molecule has 21 heavy (non-hydrogen) atoms. The number of ether oxygens (including phenoxy) is 3. The van der Waals surface area contributed by atoms with E-state index in [9.17, 15) is 20.4 Å². The molecule has 1 aliphatic rings. The van der Waals surface area contributed by atoms with Crippen molar-refractivity contribution in [3.8, 4) is 17.2 Å². The second kappa shape index (κ2) is 6.46. The topological polar surface area (TPSA) is 129 Å². The van der Waals surface area contributed by atoms with Gasteiger partial charge in [0.1, 0.15) is 41.7 Å². The number of phenols is 1. The molecule has 1 fully saturated rings.